The van der Waals surface area contributed by atoms with Gasteiger partial charge in [0.1, 0.15) is 12.5 Å². The van der Waals surface area contributed by atoms with E-state index >= 15 is 0 Å². The van der Waals surface area contributed by atoms with Gasteiger partial charge in [-0.2, -0.15) is 26.3 Å². The molecule has 0 heterocycles. The van der Waals surface area contributed by atoms with Gasteiger partial charge < -0.3 is 14.6 Å². The number of hydrogen-bond donors (Lipinski definition) is 1. The highest BCUT2D eigenvalue weighted by molar-refractivity contribution is 14.1. The molecule has 1 aromatic rings. The summed E-state index contributed by atoms with van der Waals surface area (Å²) >= 11 is 2.87. The van der Waals surface area contributed by atoms with Gasteiger partial charge in [-0.1, -0.05) is 0 Å². The van der Waals surface area contributed by atoms with E-state index in [2.05, 4.69) is 9.47 Å². The van der Waals surface area contributed by atoms with Gasteiger partial charge in [-0.15, -0.1) is 0 Å². The van der Waals surface area contributed by atoms with Crippen molar-refractivity contribution in [1.82, 2.24) is 0 Å². The third-order valence-corrected chi connectivity index (χ3v) is 4.26. The standard InChI is InChI=1S/C11H8F6I2O3/c1-21-4-22-9(10(12,13)14,11(15,16)17)5-2-6(18)8(20)7(19)3-5/h2-3,20H,4H2,1H3. The molecule has 0 bridgehead atoms. The number of alkyl halides is 6. The average Bonchev–Trinajstić information content (AvgIpc) is 2.33. The summed E-state index contributed by atoms with van der Waals surface area (Å²) in [5.41, 5.74) is -5.74. The zero-order valence-electron chi connectivity index (χ0n) is 10.6. The molecule has 0 aliphatic heterocycles. The topological polar surface area (TPSA) is 38.7 Å². The molecule has 3 nitrogen and oxygen atoms in total. The van der Waals surface area contributed by atoms with Crippen LogP contribution in [0.2, 0.25) is 0 Å². The fourth-order valence-electron chi connectivity index (χ4n) is 1.65. The van der Waals surface area contributed by atoms with Crippen molar-refractivity contribution in [3.05, 3.63) is 24.8 Å². The van der Waals surface area contributed by atoms with E-state index in [-0.39, 0.29) is 7.14 Å². The molecule has 0 radical (unpaired) electrons. The first kappa shape index (κ1) is 20.0. The summed E-state index contributed by atoms with van der Waals surface area (Å²) < 4.78 is 87.6. The Bertz CT molecular complexity index is 507. The smallest absolute Gasteiger partial charge is 0.430 e. The minimum absolute atomic E-state index is 0.168. The van der Waals surface area contributed by atoms with Crippen molar-refractivity contribution in [3.63, 3.8) is 0 Å². The number of methoxy groups -OCH3 is 1. The molecule has 0 aromatic heterocycles. The molecule has 22 heavy (non-hydrogen) atoms. The summed E-state index contributed by atoms with van der Waals surface area (Å²) in [7, 11) is 0.905. The van der Waals surface area contributed by atoms with Crippen molar-refractivity contribution in [3.8, 4) is 5.75 Å². The molecule has 11 heteroatoms. The molecular weight excluding hydrogens is 548 g/mol. The van der Waals surface area contributed by atoms with E-state index in [4.69, 9.17) is 0 Å². The Balaban J connectivity index is 3.69. The molecule has 0 fully saturated rings. The Labute approximate surface area is 148 Å². The first-order chi connectivity index (χ1) is 9.88. The predicted molar refractivity (Wildman–Crippen MR) is 80.3 cm³/mol. The SMILES string of the molecule is COCOC(c1cc(I)c(O)c(I)c1)(C(F)(F)F)C(F)(F)F. The molecule has 0 saturated heterocycles. The Morgan fingerprint density at radius 3 is 1.73 bits per heavy atom. The second kappa shape index (κ2) is 6.84. The number of aromatic hydroxyl groups is 1. The molecule has 0 aliphatic carbocycles. The van der Waals surface area contributed by atoms with Crippen LogP contribution in [0, 0.1) is 7.14 Å². The Hall–Kier alpha value is -0.0200. The average molecular weight is 556 g/mol. The maximum atomic E-state index is 13.3. The number of phenols is 1. The van der Waals surface area contributed by atoms with E-state index in [0.29, 0.717) is 12.1 Å². The molecule has 0 aliphatic rings. The first-order valence-electron chi connectivity index (χ1n) is 5.33. The highest BCUT2D eigenvalue weighted by Gasteiger charge is 2.73. The van der Waals surface area contributed by atoms with Crippen LogP contribution in [0.4, 0.5) is 26.3 Å². The third kappa shape index (κ3) is 3.56. The lowest BCUT2D eigenvalue weighted by molar-refractivity contribution is -0.400. The van der Waals surface area contributed by atoms with Crippen LogP contribution in [-0.4, -0.2) is 31.4 Å². The second-order valence-electron chi connectivity index (χ2n) is 4.02. The molecule has 0 saturated carbocycles. The lowest BCUT2D eigenvalue weighted by atomic mass is 9.92. The maximum Gasteiger partial charge on any atom is 0.430 e. The van der Waals surface area contributed by atoms with Crippen LogP contribution in [0.3, 0.4) is 0 Å². The van der Waals surface area contributed by atoms with Crippen LogP contribution in [0.1, 0.15) is 5.56 Å². The zero-order chi connectivity index (χ0) is 17.3. The summed E-state index contributed by atoms with van der Waals surface area (Å²) in [6.07, 6.45) is -11.6. The summed E-state index contributed by atoms with van der Waals surface area (Å²) in [6, 6.07) is 1.16. The zero-order valence-corrected chi connectivity index (χ0v) is 15.0. The van der Waals surface area contributed by atoms with Crippen LogP contribution in [0.5, 0.6) is 5.75 Å². The van der Waals surface area contributed by atoms with Crippen LogP contribution >= 0.6 is 45.2 Å². The van der Waals surface area contributed by atoms with Gasteiger partial charge in [-0.3, -0.25) is 0 Å². The van der Waals surface area contributed by atoms with Crippen molar-refractivity contribution < 1.29 is 40.9 Å². The van der Waals surface area contributed by atoms with Gasteiger partial charge >= 0.3 is 12.4 Å². The summed E-state index contributed by atoms with van der Waals surface area (Å²) in [5.74, 6) is -0.407. The fraction of sp³-hybridized carbons (Fsp3) is 0.455. The van der Waals surface area contributed by atoms with E-state index in [1.54, 1.807) is 0 Å². The molecular formula is C11H8F6I2O3. The van der Waals surface area contributed by atoms with E-state index in [1.807, 2.05) is 0 Å². The number of halogens is 8. The van der Waals surface area contributed by atoms with Gasteiger partial charge in [-0.25, -0.2) is 0 Å². The van der Waals surface area contributed by atoms with E-state index < -0.39 is 36.1 Å². The van der Waals surface area contributed by atoms with Crippen LogP contribution in [0.15, 0.2) is 12.1 Å². The van der Waals surface area contributed by atoms with Gasteiger partial charge in [0.15, 0.2) is 0 Å². The van der Waals surface area contributed by atoms with Crippen LogP contribution < -0.4 is 0 Å². The predicted octanol–water partition coefficient (Wildman–Crippen LogP) is 4.54. The normalized spacial score (nSPS) is 13.5. The largest absolute Gasteiger partial charge is 0.506 e. The molecule has 1 N–H and O–H groups in total. The van der Waals surface area contributed by atoms with Crippen molar-refractivity contribution in [2.45, 2.75) is 18.0 Å². The van der Waals surface area contributed by atoms with Gasteiger partial charge in [0.2, 0.25) is 0 Å². The fourth-order valence-corrected chi connectivity index (χ4v) is 3.42. The lowest BCUT2D eigenvalue weighted by Crippen LogP contribution is -2.56. The van der Waals surface area contributed by atoms with Crippen LogP contribution in [0.25, 0.3) is 0 Å². The first-order valence-corrected chi connectivity index (χ1v) is 7.49. The molecule has 0 unspecified atom stereocenters. The maximum absolute atomic E-state index is 13.3. The molecule has 0 atom stereocenters. The monoisotopic (exact) mass is 556 g/mol. The Morgan fingerprint density at radius 1 is 1.00 bits per heavy atom. The molecule has 0 spiro atoms. The Kier molecular flexibility index (Phi) is 6.23. The molecule has 126 valence electrons. The van der Waals surface area contributed by atoms with Crippen LogP contribution in [-0.2, 0) is 15.1 Å². The van der Waals surface area contributed by atoms with Crippen molar-refractivity contribution in [2.24, 2.45) is 0 Å². The van der Waals surface area contributed by atoms with Gasteiger partial charge in [0.05, 0.1) is 7.14 Å². The Morgan fingerprint density at radius 2 is 1.41 bits per heavy atom. The van der Waals surface area contributed by atoms with Gasteiger partial charge in [0.25, 0.3) is 5.60 Å². The number of rotatable bonds is 4. The van der Waals surface area contributed by atoms with E-state index in [1.165, 1.54) is 45.2 Å². The van der Waals surface area contributed by atoms with Crippen molar-refractivity contribution in [2.75, 3.05) is 13.9 Å². The molecule has 1 rings (SSSR count). The van der Waals surface area contributed by atoms with Crippen molar-refractivity contribution in [1.29, 1.82) is 0 Å². The quantitative estimate of drug-likeness (QED) is 0.337. The highest BCUT2D eigenvalue weighted by atomic mass is 127. The van der Waals surface area contributed by atoms with Gasteiger partial charge in [0, 0.05) is 12.7 Å². The van der Waals surface area contributed by atoms with Gasteiger partial charge in [-0.05, 0) is 57.3 Å². The minimum Gasteiger partial charge on any atom is -0.506 e. The summed E-state index contributed by atoms with van der Waals surface area (Å²) in [6.45, 7) is -1.22. The second-order valence-corrected chi connectivity index (χ2v) is 6.34. The van der Waals surface area contributed by atoms with E-state index in [9.17, 15) is 31.4 Å². The molecule has 0 amide bonds. The number of benzene rings is 1. The summed E-state index contributed by atoms with van der Waals surface area (Å²) in [4.78, 5) is 0. The number of hydrogen-bond acceptors (Lipinski definition) is 3. The number of phenolic OH excluding ortho intramolecular Hbond substituents is 1. The third-order valence-electron chi connectivity index (χ3n) is 2.62. The molecule has 1 aromatic carbocycles. The highest BCUT2D eigenvalue weighted by Crippen LogP contribution is 2.53. The minimum atomic E-state index is -5.78. The number of ether oxygens (including phenoxy) is 2. The van der Waals surface area contributed by atoms with Crippen molar-refractivity contribution >= 4 is 45.2 Å². The summed E-state index contributed by atoms with van der Waals surface area (Å²) in [5, 5.41) is 9.54. The van der Waals surface area contributed by atoms with E-state index in [0.717, 1.165) is 7.11 Å². The lowest BCUT2D eigenvalue weighted by Gasteiger charge is -2.37.